The summed E-state index contributed by atoms with van der Waals surface area (Å²) < 4.78 is 50.2. The molecular weight excluding hydrogens is 904 g/mol. The Labute approximate surface area is 367 Å². The van der Waals surface area contributed by atoms with Gasteiger partial charge in [0.25, 0.3) is 0 Å². The number of aromatic nitrogens is 2. The Morgan fingerprint density at radius 3 is 2.17 bits per heavy atom. The summed E-state index contributed by atoms with van der Waals surface area (Å²) in [5, 5.41) is 1.97. The molecule has 1 aliphatic rings. The van der Waals surface area contributed by atoms with Crippen molar-refractivity contribution in [2.24, 2.45) is 0 Å². The molecule has 0 bridgehead atoms. The van der Waals surface area contributed by atoms with Crippen molar-refractivity contribution in [3.63, 3.8) is 0 Å². The van der Waals surface area contributed by atoms with Gasteiger partial charge < -0.3 is 19.1 Å². The van der Waals surface area contributed by atoms with E-state index in [0.29, 0.717) is 28.4 Å². The molecule has 0 aliphatic carbocycles. The molecule has 0 unspecified atom stereocenters. The van der Waals surface area contributed by atoms with Crippen molar-refractivity contribution in [3.8, 4) is 39.6 Å². The second kappa shape index (κ2) is 15.4. The van der Waals surface area contributed by atoms with Crippen molar-refractivity contribution in [1.82, 2.24) is 9.55 Å². The van der Waals surface area contributed by atoms with Gasteiger partial charge in [0.15, 0.2) is 0 Å². The van der Waals surface area contributed by atoms with Crippen molar-refractivity contribution in [1.29, 1.82) is 0 Å². The number of aryl methyl sites for hydroxylation is 1. The molecule has 0 saturated heterocycles. The molecule has 1 aliphatic heterocycles. The molecule has 3 heterocycles. The van der Waals surface area contributed by atoms with Gasteiger partial charge in [-0.3, -0.25) is 0 Å². The number of para-hydroxylation sites is 3. The van der Waals surface area contributed by atoms with Crippen LogP contribution >= 0.6 is 0 Å². The maximum Gasteiger partial charge on any atom is 0.135 e. The van der Waals surface area contributed by atoms with E-state index in [-0.39, 0.29) is 56.2 Å². The largest absolute Gasteiger partial charge is 0.509 e. The van der Waals surface area contributed by atoms with Gasteiger partial charge in [0.1, 0.15) is 5.82 Å². The SMILES string of the molecule is [2H]c1c([2H])c([2H])c(-c2cnc(-n3c4[c-]c(Oc5[c-]c(N6[CH-]N(c7cc(-c8ccccc8)cc(C(C)(C)C)c7)c7ccccc76)ccc5)ccc4c4ccccc43)cc2C)c([2H])c1[2H].[Pt]. The van der Waals surface area contributed by atoms with Crippen LogP contribution in [0.1, 0.15) is 38.8 Å². The Balaban J connectivity index is 0.00000518. The standard InChI is InChI=1S/C53H41N4O.Pt/c1-36-28-52(54-34-47(36)38-18-9-6-10-19-38)57-48-23-12-11-22-45(48)46-27-26-44(33-51(46)57)58-43-21-15-20-41(32-43)55-35-56(50-25-14-13-24-49(50)55)42-30-39(37-16-7-5-8-17-37)29-40(31-42)53(2,3)4;/h5-31,34-35H,1-4H3;/q-3;/i6D,9D,10D,18D,19D;. The zero-order valence-corrected chi connectivity index (χ0v) is 35.1. The van der Waals surface area contributed by atoms with Crippen LogP contribution in [0.15, 0.2) is 170 Å². The third-order valence-electron chi connectivity index (χ3n) is 10.7. The topological polar surface area (TPSA) is 33.5 Å². The van der Waals surface area contributed by atoms with Gasteiger partial charge in [-0.05, 0) is 81.9 Å². The van der Waals surface area contributed by atoms with Crippen molar-refractivity contribution in [2.45, 2.75) is 33.1 Å². The van der Waals surface area contributed by atoms with E-state index in [0.717, 1.165) is 50.1 Å². The molecule has 59 heavy (non-hydrogen) atoms. The van der Waals surface area contributed by atoms with E-state index in [9.17, 15) is 0 Å². The molecule has 0 atom stereocenters. The number of hydrogen-bond donors (Lipinski definition) is 0. The number of fused-ring (bicyclic) bond motifs is 4. The van der Waals surface area contributed by atoms with Gasteiger partial charge in [-0.25, -0.2) is 4.98 Å². The summed E-state index contributed by atoms with van der Waals surface area (Å²) in [6.07, 6.45) is 1.58. The van der Waals surface area contributed by atoms with Crippen molar-refractivity contribution < 1.29 is 32.7 Å². The molecule has 7 aromatic carbocycles. The van der Waals surface area contributed by atoms with Gasteiger partial charge in [-0.1, -0.05) is 123 Å². The van der Waals surface area contributed by atoms with Crippen LogP contribution < -0.4 is 14.5 Å². The first-order chi connectivity index (χ1) is 30.4. The van der Waals surface area contributed by atoms with Crippen LogP contribution in [0, 0.1) is 25.7 Å². The van der Waals surface area contributed by atoms with Crippen LogP contribution in [-0.4, -0.2) is 9.55 Å². The fraction of sp³-hybridized carbons (Fsp3) is 0.0943. The van der Waals surface area contributed by atoms with Crippen LogP contribution in [0.25, 0.3) is 49.9 Å². The molecule has 5 nitrogen and oxygen atoms in total. The zero-order valence-electron chi connectivity index (χ0n) is 37.9. The van der Waals surface area contributed by atoms with Crippen LogP contribution in [0.4, 0.5) is 22.7 Å². The van der Waals surface area contributed by atoms with Gasteiger partial charge in [-0.15, -0.1) is 48.1 Å². The van der Waals surface area contributed by atoms with Gasteiger partial charge in [-0.2, -0.15) is 12.1 Å². The first-order valence-corrected chi connectivity index (χ1v) is 19.3. The average Bonchev–Trinajstić information content (AvgIpc) is 3.84. The quantitative estimate of drug-likeness (QED) is 0.149. The number of ether oxygens (including phenoxy) is 1. The van der Waals surface area contributed by atoms with Crippen LogP contribution in [0.2, 0.25) is 0 Å². The monoisotopic (exact) mass is 949 g/mol. The number of rotatable bonds is 7. The first-order valence-electron chi connectivity index (χ1n) is 21.8. The molecule has 0 radical (unpaired) electrons. The Bertz CT molecular complexity index is 3250. The average molecular weight is 950 g/mol. The van der Waals surface area contributed by atoms with Crippen molar-refractivity contribution in [2.75, 3.05) is 9.80 Å². The molecule has 292 valence electrons. The molecular formula is C53H41N4OPt-3. The zero-order chi connectivity index (χ0) is 43.7. The summed E-state index contributed by atoms with van der Waals surface area (Å²) in [6.45, 7) is 10.7. The Hall–Kier alpha value is -6.42. The van der Waals surface area contributed by atoms with Crippen LogP contribution in [0.5, 0.6) is 11.5 Å². The molecule has 9 aromatic rings. The smallest absolute Gasteiger partial charge is 0.135 e. The van der Waals surface area contributed by atoms with Gasteiger partial charge in [0.2, 0.25) is 0 Å². The van der Waals surface area contributed by atoms with Gasteiger partial charge in [0.05, 0.1) is 6.85 Å². The molecule has 0 amide bonds. The van der Waals surface area contributed by atoms with E-state index in [2.05, 4.69) is 116 Å². The second-order valence-electron chi connectivity index (χ2n) is 15.5. The minimum Gasteiger partial charge on any atom is -0.509 e. The van der Waals surface area contributed by atoms with Crippen LogP contribution in [-0.2, 0) is 26.5 Å². The third kappa shape index (κ3) is 7.11. The molecule has 0 saturated carbocycles. The number of pyridine rings is 1. The summed E-state index contributed by atoms with van der Waals surface area (Å²) in [4.78, 5) is 9.20. The number of nitrogens with zero attached hydrogens (tertiary/aromatic N) is 4. The van der Waals surface area contributed by atoms with E-state index >= 15 is 0 Å². The summed E-state index contributed by atoms with van der Waals surface area (Å²) in [5.74, 6) is 1.61. The second-order valence-corrected chi connectivity index (χ2v) is 15.5. The Morgan fingerprint density at radius 1 is 0.661 bits per heavy atom. The van der Waals surface area contributed by atoms with Crippen molar-refractivity contribution >= 4 is 44.6 Å². The van der Waals surface area contributed by atoms with Gasteiger partial charge in [0, 0.05) is 66.9 Å². The minimum atomic E-state index is -0.430. The minimum absolute atomic E-state index is 0. The molecule has 2 aromatic heterocycles. The van der Waals surface area contributed by atoms with E-state index in [1.165, 1.54) is 11.1 Å². The molecule has 0 N–H and O–H groups in total. The van der Waals surface area contributed by atoms with Crippen LogP contribution in [0.3, 0.4) is 0 Å². The fourth-order valence-corrected chi connectivity index (χ4v) is 7.73. The van der Waals surface area contributed by atoms with E-state index < -0.39 is 6.04 Å². The normalized spacial score (nSPS) is 13.7. The third-order valence-corrected chi connectivity index (χ3v) is 10.7. The Morgan fingerprint density at radius 2 is 1.39 bits per heavy atom. The summed E-state index contributed by atoms with van der Waals surface area (Å²) in [7, 11) is 0. The molecule has 10 rings (SSSR count). The maximum atomic E-state index is 8.56. The molecule has 0 spiro atoms. The number of benzene rings is 7. The number of anilines is 4. The molecule has 6 heteroatoms. The number of hydrogen-bond acceptors (Lipinski definition) is 4. The van der Waals surface area contributed by atoms with Crippen molar-refractivity contribution in [3.05, 3.63) is 200 Å². The predicted molar refractivity (Wildman–Crippen MR) is 239 cm³/mol. The molecule has 0 fully saturated rings. The van der Waals surface area contributed by atoms with E-state index in [4.69, 9.17) is 16.6 Å². The summed E-state index contributed by atoms with van der Waals surface area (Å²) >= 11 is 0. The first kappa shape index (κ1) is 32.5. The van der Waals surface area contributed by atoms with Gasteiger partial charge >= 0.3 is 0 Å². The predicted octanol–water partition coefficient (Wildman–Crippen LogP) is 13.9. The van der Waals surface area contributed by atoms with E-state index in [1.54, 1.807) is 6.20 Å². The maximum absolute atomic E-state index is 8.56. The fourth-order valence-electron chi connectivity index (χ4n) is 7.73. The van der Waals surface area contributed by atoms with E-state index in [1.807, 2.05) is 78.2 Å². The summed E-state index contributed by atoms with van der Waals surface area (Å²) in [6, 6.07) is 50.8. The summed E-state index contributed by atoms with van der Waals surface area (Å²) in [5.41, 5.74) is 10.4. The Kier molecular flexibility index (Phi) is 8.49.